The number of nitro benzene ring substituents is 1. The van der Waals surface area contributed by atoms with Crippen LogP contribution in [0, 0.1) is 10.1 Å². The van der Waals surface area contributed by atoms with E-state index in [4.69, 9.17) is 0 Å². The lowest BCUT2D eigenvalue weighted by Gasteiger charge is -2.11. The number of aromatic nitrogens is 2. The number of para-hydroxylation sites is 1. The largest absolute Gasteiger partial charge is 0.379 e. The van der Waals surface area contributed by atoms with Gasteiger partial charge in [-0.05, 0) is 18.6 Å². The van der Waals surface area contributed by atoms with Crippen LogP contribution in [0.5, 0.6) is 0 Å². The fourth-order valence-electron chi connectivity index (χ4n) is 2.03. The van der Waals surface area contributed by atoms with Gasteiger partial charge < -0.3 is 15.2 Å². The number of hydrogen-bond acceptors (Lipinski definition) is 5. The summed E-state index contributed by atoms with van der Waals surface area (Å²) in [6.07, 6.45) is 4.44. The SMILES string of the molecule is CCCNc1cccc(NCc2nccn2C)c1[N+](=O)[O-]. The van der Waals surface area contributed by atoms with Gasteiger partial charge in [-0.3, -0.25) is 10.1 Å². The van der Waals surface area contributed by atoms with E-state index in [0.717, 1.165) is 12.2 Å². The minimum absolute atomic E-state index is 0.0696. The maximum absolute atomic E-state index is 11.3. The van der Waals surface area contributed by atoms with E-state index in [9.17, 15) is 10.1 Å². The zero-order valence-corrected chi connectivity index (χ0v) is 12.2. The van der Waals surface area contributed by atoms with Crippen molar-refractivity contribution in [2.24, 2.45) is 7.05 Å². The number of aryl methyl sites for hydroxylation is 1. The number of anilines is 2. The van der Waals surface area contributed by atoms with E-state index in [1.165, 1.54) is 0 Å². The monoisotopic (exact) mass is 289 g/mol. The highest BCUT2D eigenvalue weighted by molar-refractivity contribution is 5.76. The Bertz CT molecular complexity index is 624. The second-order valence-corrected chi connectivity index (χ2v) is 4.69. The molecule has 0 atom stereocenters. The predicted octanol–water partition coefficient (Wildman–Crippen LogP) is 2.76. The molecule has 2 rings (SSSR count). The van der Waals surface area contributed by atoms with Crippen molar-refractivity contribution in [2.45, 2.75) is 19.9 Å². The van der Waals surface area contributed by atoms with Crippen LogP contribution < -0.4 is 10.6 Å². The molecule has 0 unspecified atom stereocenters. The first-order chi connectivity index (χ1) is 10.1. The van der Waals surface area contributed by atoms with Gasteiger partial charge in [-0.1, -0.05) is 13.0 Å². The predicted molar refractivity (Wildman–Crippen MR) is 82.4 cm³/mol. The van der Waals surface area contributed by atoms with Gasteiger partial charge in [0.25, 0.3) is 0 Å². The van der Waals surface area contributed by atoms with Gasteiger partial charge in [-0.15, -0.1) is 0 Å². The maximum Gasteiger partial charge on any atom is 0.315 e. The summed E-state index contributed by atoms with van der Waals surface area (Å²) in [4.78, 5) is 15.2. The molecule has 0 spiro atoms. The molecule has 0 bridgehead atoms. The molecule has 112 valence electrons. The van der Waals surface area contributed by atoms with Crippen LogP contribution >= 0.6 is 0 Å². The zero-order valence-electron chi connectivity index (χ0n) is 12.2. The first kappa shape index (κ1) is 14.8. The van der Waals surface area contributed by atoms with Crippen molar-refractivity contribution in [2.75, 3.05) is 17.2 Å². The fourth-order valence-corrected chi connectivity index (χ4v) is 2.03. The van der Waals surface area contributed by atoms with Gasteiger partial charge in [0.15, 0.2) is 0 Å². The third kappa shape index (κ3) is 3.50. The van der Waals surface area contributed by atoms with Crippen molar-refractivity contribution in [3.63, 3.8) is 0 Å². The van der Waals surface area contributed by atoms with Crippen LogP contribution in [0.2, 0.25) is 0 Å². The molecule has 0 aliphatic rings. The molecule has 0 amide bonds. The number of nitro groups is 1. The third-order valence-corrected chi connectivity index (χ3v) is 3.14. The standard InChI is InChI=1S/C14H19N5O2/c1-3-7-15-11-5-4-6-12(14(11)19(20)21)17-10-13-16-8-9-18(13)2/h4-6,8-9,15,17H,3,7,10H2,1-2H3. The van der Waals surface area contributed by atoms with E-state index in [1.807, 2.05) is 24.7 Å². The van der Waals surface area contributed by atoms with Crippen LogP contribution in [0.4, 0.5) is 17.1 Å². The van der Waals surface area contributed by atoms with Crippen molar-refractivity contribution < 1.29 is 4.92 Å². The van der Waals surface area contributed by atoms with Crippen LogP contribution in [0.1, 0.15) is 19.2 Å². The highest BCUT2D eigenvalue weighted by Crippen LogP contribution is 2.33. The molecule has 2 aromatic rings. The van der Waals surface area contributed by atoms with Crippen LogP contribution in [0.3, 0.4) is 0 Å². The Hall–Kier alpha value is -2.57. The molecular formula is C14H19N5O2. The van der Waals surface area contributed by atoms with Crippen LogP contribution in [-0.2, 0) is 13.6 Å². The van der Waals surface area contributed by atoms with Gasteiger partial charge in [0.05, 0.1) is 11.5 Å². The van der Waals surface area contributed by atoms with E-state index in [0.29, 0.717) is 24.5 Å². The van der Waals surface area contributed by atoms with Crippen molar-refractivity contribution in [1.29, 1.82) is 0 Å². The van der Waals surface area contributed by atoms with Gasteiger partial charge in [0.1, 0.15) is 17.2 Å². The molecule has 7 nitrogen and oxygen atoms in total. The summed E-state index contributed by atoms with van der Waals surface area (Å²) in [7, 11) is 1.89. The smallest absolute Gasteiger partial charge is 0.315 e. The zero-order chi connectivity index (χ0) is 15.2. The van der Waals surface area contributed by atoms with Crippen molar-refractivity contribution in [3.8, 4) is 0 Å². The van der Waals surface area contributed by atoms with Crippen molar-refractivity contribution in [3.05, 3.63) is 46.5 Å². The Balaban J connectivity index is 2.21. The van der Waals surface area contributed by atoms with Crippen molar-refractivity contribution in [1.82, 2.24) is 9.55 Å². The summed E-state index contributed by atoms with van der Waals surface area (Å²) < 4.78 is 1.87. The number of rotatable bonds is 7. The van der Waals surface area contributed by atoms with E-state index in [-0.39, 0.29) is 10.6 Å². The van der Waals surface area contributed by atoms with Crippen LogP contribution in [0.25, 0.3) is 0 Å². The van der Waals surface area contributed by atoms with Crippen LogP contribution in [0.15, 0.2) is 30.6 Å². The van der Waals surface area contributed by atoms with Crippen molar-refractivity contribution >= 4 is 17.1 Å². The summed E-state index contributed by atoms with van der Waals surface area (Å²) in [5, 5.41) is 17.5. The summed E-state index contributed by atoms with van der Waals surface area (Å²) >= 11 is 0. The molecule has 0 fully saturated rings. The summed E-state index contributed by atoms with van der Waals surface area (Å²) in [5.74, 6) is 0.816. The Morgan fingerprint density at radius 3 is 2.62 bits per heavy atom. The van der Waals surface area contributed by atoms with E-state index >= 15 is 0 Å². The van der Waals surface area contributed by atoms with Gasteiger partial charge in [-0.2, -0.15) is 0 Å². The highest BCUT2D eigenvalue weighted by atomic mass is 16.6. The Kier molecular flexibility index (Phi) is 4.76. The topological polar surface area (TPSA) is 85.0 Å². The average molecular weight is 289 g/mol. The molecular weight excluding hydrogens is 270 g/mol. The van der Waals surface area contributed by atoms with E-state index < -0.39 is 0 Å². The molecule has 0 saturated heterocycles. The molecule has 0 aliphatic heterocycles. The molecule has 0 aliphatic carbocycles. The molecule has 0 radical (unpaired) electrons. The van der Waals surface area contributed by atoms with Crippen LogP contribution in [-0.4, -0.2) is 21.0 Å². The lowest BCUT2D eigenvalue weighted by Crippen LogP contribution is -2.09. The molecule has 0 saturated carbocycles. The number of nitrogens with zero attached hydrogens (tertiary/aromatic N) is 3. The molecule has 1 heterocycles. The Morgan fingerprint density at radius 2 is 2.05 bits per heavy atom. The minimum Gasteiger partial charge on any atom is -0.379 e. The second-order valence-electron chi connectivity index (χ2n) is 4.69. The lowest BCUT2D eigenvalue weighted by atomic mass is 10.2. The first-order valence-electron chi connectivity index (χ1n) is 6.84. The third-order valence-electron chi connectivity index (χ3n) is 3.14. The molecule has 7 heteroatoms. The fraction of sp³-hybridized carbons (Fsp3) is 0.357. The molecule has 2 N–H and O–H groups in total. The van der Waals surface area contributed by atoms with E-state index in [1.54, 1.807) is 24.4 Å². The highest BCUT2D eigenvalue weighted by Gasteiger charge is 2.19. The van der Waals surface area contributed by atoms with Gasteiger partial charge >= 0.3 is 5.69 Å². The van der Waals surface area contributed by atoms with Gasteiger partial charge in [0.2, 0.25) is 0 Å². The summed E-state index contributed by atoms with van der Waals surface area (Å²) in [6.45, 7) is 3.15. The Labute approximate surface area is 123 Å². The molecule has 21 heavy (non-hydrogen) atoms. The van der Waals surface area contributed by atoms with Gasteiger partial charge in [-0.25, -0.2) is 4.98 Å². The first-order valence-corrected chi connectivity index (χ1v) is 6.84. The average Bonchev–Trinajstić information content (AvgIpc) is 2.87. The van der Waals surface area contributed by atoms with Gasteiger partial charge in [0, 0.05) is 26.0 Å². The summed E-state index contributed by atoms with van der Waals surface area (Å²) in [5.41, 5.74) is 1.09. The Morgan fingerprint density at radius 1 is 1.33 bits per heavy atom. The second kappa shape index (κ2) is 6.74. The lowest BCUT2D eigenvalue weighted by molar-refractivity contribution is -0.383. The number of imidazole rings is 1. The van der Waals surface area contributed by atoms with E-state index in [2.05, 4.69) is 15.6 Å². The molecule has 1 aromatic carbocycles. The normalized spacial score (nSPS) is 10.4. The maximum atomic E-state index is 11.3. The quantitative estimate of drug-likeness (QED) is 0.604. The molecule has 1 aromatic heterocycles. The number of benzene rings is 1. The number of hydrogen-bond donors (Lipinski definition) is 2. The number of nitrogens with one attached hydrogen (secondary N) is 2. The summed E-state index contributed by atoms with van der Waals surface area (Å²) in [6, 6.07) is 5.23. The minimum atomic E-state index is -0.362.